The first kappa shape index (κ1) is 8.11. The summed E-state index contributed by atoms with van der Waals surface area (Å²) in [6.07, 6.45) is 1.41. The van der Waals surface area contributed by atoms with Crippen LogP contribution in [-0.2, 0) is 9.59 Å². The number of aliphatic imine (C=N–C) groups is 1. The smallest absolute Gasteiger partial charge is 0.277 e. The van der Waals surface area contributed by atoms with E-state index in [2.05, 4.69) is 10.3 Å². The third-order valence-corrected chi connectivity index (χ3v) is 2.41. The minimum absolute atomic E-state index is 0.329. The Balaban J connectivity index is 2.28. The van der Waals surface area contributed by atoms with E-state index in [1.165, 1.54) is 6.08 Å². The zero-order valence-corrected chi connectivity index (χ0v) is 7.65. The summed E-state index contributed by atoms with van der Waals surface area (Å²) in [4.78, 5) is 26.8. The minimum atomic E-state index is -0.423. The molecular weight excluding hydrogens is 192 g/mol. The highest BCUT2D eigenvalue weighted by Gasteiger charge is 2.30. The van der Waals surface area contributed by atoms with Crippen LogP contribution in [0.25, 0.3) is 5.57 Å². The summed E-state index contributed by atoms with van der Waals surface area (Å²) in [6.45, 7) is 0. The topological polar surface area (TPSA) is 58.5 Å². The number of carbonyl (C=O) groups excluding carboxylic acids is 2. The Hall–Kier alpha value is -2.23. The van der Waals surface area contributed by atoms with E-state index in [0.29, 0.717) is 11.3 Å². The molecule has 2 aliphatic heterocycles. The summed E-state index contributed by atoms with van der Waals surface area (Å²) in [5.74, 6) is -0.806. The van der Waals surface area contributed by atoms with Gasteiger partial charge in [0, 0.05) is 17.2 Å². The molecule has 4 heteroatoms. The Morgan fingerprint density at radius 1 is 1.13 bits per heavy atom. The first-order valence-corrected chi connectivity index (χ1v) is 4.51. The molecule has 0 unspecified atom stereocenters. The first-order valence-electron chi connectivity index (χ1n) is 4.51. The quantitative estimate of drug-likeness (QED) is 0.627. The van der Waals surface area contributed by atoms with Crippen molar-refractivity contribution in [2.24, 2.45) is 4.99 Å². The highest BCUT2D eigenvalue weighted by atomic mass is 16.2. The highest BCUT2D eigenvalue weighted by Crippen LogP contribution is 2.35. The second kappa shape index (κ2) is 2.63. The molecule has 0 fully saturated rings. The van der Waals surface area contributed by atoms with Crippen LogP contribution < -0.4 is 5.32 Å². The molecule has 0 aliphatic carbocycles. The van der Waals surface area contributed by atoms with Crippen LogP contribution in [0.5, 0.6) is 0 Å². The predicted octanol–water partition coefficient (Wildman–Crippen LogP) is 0.812. The predicted molar refractivity (Wildman–Crippen MR) is 54.7 cm³/mol. The van der Waals surface area contributed by atoms with Gasteiger partial charge in [0.05, 0.1) is 5.69 Å². The van der Waals surface area contributed by atoms with E-state index in [9.17, 15) is 9.59 Å². The number of benzene rings is 1. The van der Waals surface area contributed by atoms with E-state index in [0.717, 1.165) is 11.3 Å². The van der Waals surface area contributed by atoms with Crippen molar-refractivity contribution in [2.75, 3.05) is 0 Å². The standard InChI is InChI=1S/C11H6N2O2/c14-9-5-7-6-3-1-2-4-8(6)12-10(7)11(15)13-9/h1-5H,(H,13,14,15). The summed E-state index contributed by atoms with van der Waals surface area (Å²) in [5, 5.41) is 2.20. The molecule has 1 N–H and O–H groups in total. The number of fused-ring (bicyclic) bond motifs is 3. The second-order valence-electron chi connectivity index (χ2n) is 3.35. The number of hydrogen-bond acceptors (Lipinski definition) is 3. The summed E-state index contributed by atoms with van der Waals surface area (Å²) in [5.41, 5.74) is 2.54. The number of nitrogens with zero attached hydrogens (tertiary/aromatic N) is 1. The fourth-order valence-electron chi connectivity index (χ4n) is 1.76. The van der Waals surface area contributed by atoms with E-state index in [1.54, 1.807) is 0 Å². The number of carbonyl (C=O) groups is 2. The second-order valence-corrected chi connectivity index (χ2v) is 3.35. The molecule has 2 amide bonds. The lowest BCUT2D eigenvalue weighted by molar-refractivity contribution is -0.124. The molecule has 4 nitrogen and oxygen atoms in total. The zero-order chi connectivity index (χ0) is 10.4. The van der Waals surface area contributed by atoms with Crippen molar-refractivity contribution in [3.8, 4) is 0 Å². The molecule has 0 saturated carbocycles. The lowest BCUT2D eigenvalue weighted by Crippen LogP contribution is -2.38. The lowest BCUT2D eigenvalue weighted by atomic mass is 10.00. The van der Waals surface area contributed by atoms with E-state index in [-0.39, 0.29) is 5.91 Å². The maximum Gasteiger partial charge on any atom is 0.277 e. The van der Waals surface area contributed by atoms with Crippen molar-refractivity contribution >= 4 is 28.8 Å². The molecule has 2 heterocycles. The summed E-state index contributed by atoms with van der Waals surface area (Å²) >= 11 is 0. The first-order chi connectivity index (χ1) is 7.25. The largest absolute Gasteiger partial charge is 0.287 e. The van der Waals surface area contributed by atoms with Gasteiger partial charge in [0.2, 0.25) is 0 Å². The van der Waals surface area contributed by atoms with Gasteiger partial charge in [0.25, 0.3) is 11.8 Å². The SMILES string of the molecule is O=C1C=C2C(=Nc3ccccc32)C(=O)N1. The Morgan fingerprint density at radius 2 is 1.93 bits per heavy atom. The van der Waals surface area contributed by atoms with Gasteiger partial charge in [-0.3, -0.25) is 14.9 Å². The molecule has 0 saturated heterocycles. The fraction of sp³-hybridized carbons (Fsp3) is 0. The van der Waals surface area contributed by atoms with Crippen LogP contribution in [0, 0.1) is 0 Å². The van der Waals surface area contributed by atoms with E-state index in [1.807, 2.05) is 24.3 Å². The number of hydrogen-bond donors (Lipinski definition) is 1. The number of nitrogens with one attached hydrogen (secondary N) is 1. The Kier molecular flexibility index (Phi) is 1.42. The number of imide groups is 1. The lowest BCUT2D eigenvalue weighted by Gasteiger charge is -2.09. The van der Waals surface area contributed by atoms with E-state index in [4.69, 9.17) is 0 Å². The molecule has 3 rings (SSSR count). The fourth-order valence-corrected chi connectivity index (χ4v) is 1.76. The molecule has 0 bridgehead atoms. The highest BCUT2D eigenvalue weighted by molar-refractivity contribution is 6.62. The maximum atomic E-state index is 11.5. The van der Waals surface area contributed by atoms with Gasteiger partial charge in [-0.1, -0.05) is 18.2 Å². The summed E-state index contributed by atoms with van der Waals surface area (Å²) in [7, 11) is 0. The van der Waals surface area contributed by atoms with Crippen LogP contribution in [0.2, 0.25) is 0 Å². The van der Waals surface area contributed by atoms with Gasteiger partial charge in [-0.15, -0.1) is 0 Å². The summed E-state index contributed by atoms with van der Waals surface area (Å²) in [6, 6.07) is 7.37. The Morgan fingerprint density at radius 3 is 2.80 bits per heavy atom. The van der Waals surface area contributed by atoms with Crippen LogP contribution in [-0.4, -0.2) is 17.5 Å². The average molecular weight is 198 g/mol. The monoisotopic (exact) mass is 198 g/mol. The molecule has 0 radical (unpaired) electrons. The van der Waals surface area contributed by atoms with Crippen molar-refractivity contribution in [1.29, 1.82) is 0 Å². The van der Waals surface area contributed by atoms with Crippen molar-refractivity contribution in [3.63, 3.8) is 0 Å². The van der Waals surface area contributed by atoms with Gasteiger partial charge >= 0.3 is 0 Å². The van der Waals surface area contributed by atoms with Gasteiger partial charge in [-0.05, 0) is 6.07 Å². The van der Waals surface area contributed by atoms with Crippen LogP contribution >= 0.6 is 0 Å². The van der Waals surface area contributed by atoms with E-state index >= 15 is 0 Å². The van der Waals surface area contributed by atoms with Gasteiger partial charge in [0.1, 0.15) is 5.71 Å². The normalized spacial score (nSPS) is 17.6. The van der Waals surface area contributed by atoms with Crippen molar-refractivity contribution in [1.82, 2.24) is 5.32 Å². The molecule has 0 spiro atoms. The van der Waals surface area contributed by atoms with Crippen LogP contribution in [0.3, 0.4) is 0 Å². The van der Waals surface area contributed by atoms with Crippen LogP contribution in [0.15, 0.2) is 35.3 Å². The van der Waals surface area contributed by atoms with Crippen molar-refractivity contribution in [2.45, 2.75) is 0 Å². The maximum absolute atomic E-state index is 11.5. The Bertz CT molecular complexity index is 555. The van der Waals surface area contributed by atoms with Gasteiger partial charge in [0.15, 0.2) is 0 Å². The van der Waals surface area contributed by atoms with E-state index < -0.39 is 5.91 Å². The van der Waals surface area contributed by atoms with Crippen molar-refractivity contribution in [3.05, 3.63) is 35.9 Å². The third kappa shape index (κ3) is 1.05. The molecule has 72 valence electrons. The third-order valence-electron chi connectivity index (χ3n) is 2.41. The number of para-hydroxylation sites is 1. The molecule has 0 aromatic heterocycles. The molecule has 15 heavy (non-hydrogen) atoms. The molecule has 0 atom stereocenters. The van der Waals surface area contributed by atoms with Crippen LogP contribution in [0.1, 0.15) is 5.56 Å². The van der Waals surface area contributed by atoms with Gasteiger partial charge in [-0.25, -0.2) is 4.99 Å². The van der Waals surface area contributed by atoms with Crippen LogP contribution in [0.4, 0.5) is 5.69 Å². The van der Waals surface area contributed by atoms with Gasteiger partial charge < -0.3 is 0 Å². The number of rotatable bonds is 0. The van der Waals surface area contributed by atoms with Crippen molar-refractivity contribution < 1.29 is 9.59 Å². The van der Waals surface area contributed by atoms with Gasteiger partial charge in [-0.2, -0.15) is 0 Å². The molecule has 1 aromatic carbocycles. The summed E-state index contributed by atoms with van der Waals surface area (Å²) < 4.78 is 0. The average Bonchev–Trinajstić information content (AvgIpc) is 2.57. The Labute approximate surface area is 85.3 Å². The molecule has 1 aromatic rings. The minimum Gasteiger partial charge on any atom is -0.287 e. The molecule has 2 aliphatic rings. The zero-order valence-electron chi connectivity index (χ0n) is 7.65. The number of amides is 2. The molecular formula is C11H6N2O2.